The maximum atomic E-state index is 13.2. The SMILES string of the molecule is NCCC(=O)NCC1CCCCN1S(=O)(=O)c1ccc2c(c1)CCCO2. The molecule has 1 aromatic rings. The van der Waals surface area contributed by atoms with Gasteiger partial charge < -0.3 is 15.8 Å². The van der Waals surface area contributed by atoms with Crippen molar-refractivity contribution in [3.63, 3.8) is 0 Å². The largest absolute Gasteiger partial charge is 0.493 e. The number of benzene rings is 1. The van der Waals surface area contributed by atoms with Gasteiger partial charge in [0.1, 0.15) is 5.75 Å². The lowest BCUT2D eigenvalue weighted by atomic mass is 10.1. The normalized spacial score (nSPS) is 20.9. The maximum absolute atomic E-state index is 13.2. The van der Waals surface area contributed by atoms with E-state index in [2.05, 4.69) is 5.32 Å². The zero-order valence-corrected chi connectivity index (χ0v) is 15.8. The number of nitrogens with one attached hydrogen (secondary N) is 1. The van der Waals surface area contributed by atoms with Crippen LogP contribution in [0.15, 0.2) is 23.1 Å². The summed E-state index contributed by atoms with van der Waals surface area (Å²) >= 11 is 0. The average Bonchev–Trinajstić information content (AvgIpc) is 2.66. The summed E-state index contributed by atoms with van der Waals surface area (Å²) in [6, 6.07) is 4.90. The smallest absolute Gasteiger partial charge is 0.243 e. The monoisotopic (exact) mass is 381 g/mol. The van der Waals surface area contributed by atoms with E-state index in [0.717, 1.165) is 43.4 Å². The molecule has 1 fully saturated rings. The molecular formula is C18H27N3O4S. The minimum absolute atomic E-state index is 0.138. The molecule has 0 radical (unpaired) electrons. The predicted molar refractivity (Wildman–Crippen MR) is 98.5 cm³/mol. The number of carbonyl (C=O) groups is 1. The predicted octanol–water partition coefficient (Wildman–Crippen LogP) is 1.02. The second-order valence-corrected chi connectivity index (χ2v) is 8.72. The molecule has 3 N–H and O–H groups in total. The first-order valence-corrected chi connectivity index (χ1v) is 10.7. The van der Waals surface area contributed by atoms with Gasteiger partial charge in [-0.25, -0.2) is 8.42 Å². The second kappa shape index (κ2) is 8.37. The molecule has 2 aliphatic heterocycles. The van der Waals surface area contributed by atoms with Gasteiger partial charge in [0.05, 0.1) is 11.5 Å². The highest BCUT2D eigenvalue weighted by atomic mass is 32.2. The first-order valence-electron chi connectivity index (χ1n) is 9.26. The van der Waals surface area contributed by atoms with Crippen LogP contribution in [-0.4, -0.2) is 50.9 Å². The van der Waals surface area contributed by atoms with E-state index in [1.54, 1.807) is 22.5 Å². The Morgan fingerprint density at radius 3 is 2.96 bits per heavy atom. The molecule has 0 saturated carbocycles. The lowest BCUT2D eigenvalue weighted by molar-refractivity contribution is -0.121. The van der Waals surface area contributed by atoms with E-state index in [9.17, 15) is 13.2 Å². The standard InChI is InChI=1S/C18H27N3O4S/c19-9-8-18(22)20-13-15-5-1-2-10-21(15)26(23,24)16-6-7-17-14(12-16)4-3-11-25-17/h6-7,12,15H,1-5,8-11,13,19H2,(H,20,22). The maximum Gasteiger partial charge on any atom is 0.243 e. The number of hydrogen-bond donors (Lipinski definition) is 2. The van der Waals surface area contributed by atoms with Crippen LogP contribution in [0.5, 0.6) is 5.75 Å². The van der Waals surface area contributed by atoms with Gasteiger partial charge >= 0.3 is 0 Å². The molecule has 26 heavy (non-hydrogen) atoms. The number of nitrogens with two attached hydrogens (primary N) is 1. The molecule has 0 spiro atoms. The van der Waals surface area contributed by atoms with Crippen LogP contribution in [0.1, 0.15) is 37.7 Å². The van der Waals surface area contributed by atoms with Gasteiger partial charge in [0, 0.05) is 32.1 Å². The molecule has 8 heteroatoms. The third kappa shape index (κ3) is 4.19. The number of hydrogen-bond acceptors (Lipinski definition) is 5. The topological polar surface area (TPSA) is 102 Å². The third-order valence-corrected chi connectivity index (χ3v) is 6.91. The van der Waals surface area contributed by atoms with Crippen LogP contribution in [0, 0.1) is 0 Å². The van der Waals surface area contributed by atoms with Crippen molar-refractivity contribution in [3.8, 4) is 5.75 Å². The Bertz CT molecular complexity index is 751. The molecule has 1 amide bonds. The highest BCUT2D eigenvalue weighted by Gasteiger charge is 2.34. The lowest BCUT2D eigenvalue weighted by Gasteiger charge is -2.35. The fourth-order valence-corrected chi connectivity index (χ4v) is 5.32. The minimum Gasteiger partial charge on any atom is -0.493 e. The van der Waals surface area contributed by atoms with Crippen LogP contribution < -0.4 is 15.8 Å². The highest BCUT2D eigenvalue weighted by molar-refractivity contribution is 7.89. The number of fused-ring (bicyclic) bond motifs is 1. The van der Waals surface area contributed by atoms with Crippen LogP contribution in [0.3, 0.4) is 0 Å². The van der Waals surface area contributed by atoms with Gasteiger partial charge in [-0.3, -0.25) is 4.79 Å². The highest BCUT2D eigenvalue weighted by Crippen LogP contribution is 2.30. The van der Waals surface area contributed by atoms with E-state index in [4.69, 9.17) is 10.5 Å². The Morgan fingerprint density at radius 1 is 1.31 bits per heavy atom. The summed E-state index contributed by atoms with van der Waals surface area (Å²) < 4.78 is 33.5. The lowest BCUT2D eigenvalue weighted by Crippen LogP contribution is -2.49. The quantitative estimate of drug-likeness (QED) is 0.766. The fraction of sp³-hybridized carbons (Fsp3) is 0.611. The van der Waals surface area contributed by atoms with Crippen molar-refractivity contribution >= 4 is 15.9 Å². The Kier molecular flexibility index (Phi) is 6.16. The minimum atomic E-state index is -3.60. The van der Waals surface area contributed by atoms with Crippen molar-refractivity contribution in [1.82, 2.24) is 9.62 Å². The van der Waals surface area contributed by atoms with Crippen molar-refractivity contribution in [3.05, 3.63) is 23.8 Å². The molecule has 1 unspecified atom stereocenters. The van der Waals surface area contributed by atoms with E-state index in [1.165, 1.54) is 0 Å². The number of carbonyl (C=O) groups excluding carboxylic acids is 1. The zero-order chi connectivity index (χ0) is 18.6. The number of amides is 1. The molecule has 1 aromatic carbocycles. The third-order valence-electron chi connectivity index (χ3n) is 4.97. The molecule has 2 aliphatic rings. The van der Waals surface area contributed by atoms with Crippen molar-refractivity contribution in [2.24, 2.45) is 5.73 Å². The molecule has 144 valence electrons. The molecule has 0 bridgehead atoms. The number of nitrogens with zero attached hydrogens (tertiary/aromatic N) is 1. The average molecular weight is 381 g/mol. The summed E-state index contributed by atoms with van der Waals surface area (Å²) in [5.41, 5.74) is 6.34. The van der Waals surface area contributed by atoms with E-state index in [-0.39, 0.29) is 24.9 Å². The number of aryl methyl sites for hydroxylation is 1. The van der Waals surface area contributed by atoms with Gasteiger partial charge in [-0.2, -0.15) is 4.31 Å². The Hall–Kier alpha value is -1.64. The Balaban J connectivity index is 1.78. The summed E-state index contributed by atoms with van der Waals surface area (Å²) in [5.74, 6) is 0.640. The number of sulfonamides is 1. The van der Waals surface area contributed by atoms with Gasteiger partial charge in [-0.15, -0.1) is 0 Å². The Morgan fingerprint density at radius 2 is 2.15 bits per heavy atom. The van der Waals surface area contributed by atoms with Crippen LogP contribution >= 0.6 is 0 Å². The summed E-state index contributed by atoms with van der Waals surface area (Å²) in [6.07, 6.45) is 4.52. The molecule has 7 nitrogen and oxygen atoms in total. The molecular weight excluding hydrogens is 354 g/mol. The summed E-state index contributed by atoms with van der Waals surface area (Å²) in [7, 11) is -3.60. The summed E-state index contributed by atoms with van der Waals surface area (Å²) in [6.45, 7) is 1.77. The van der Waals surface area contributed by atoms with E-state index in [1.807, 2.05) is 0 Å². The van der Waals surface area contributed by atoms with E-state index in [0.29, 0.717) is 24.6 Å². The van der Waals surface area contributed by atoms with Crippen molar-refractivity contribution < 1.29 is 17.9 Å². The summed E-state index contributed by atoms with van der Waals surface area (Å²) in [5, 5.41) is 2.81. The molecule has 1 atom stereocenters. The van der Waals surface area contributed by atoms with Gasteiger partial charge in [0.25, 0.3) is 0 Å². The van der Waals surface area contributed by atoms with E-state index >= 15 is 0 Å². The first-order chi connectivity index (χ1) is 12.5. The van der Waals surface area contributed by atoms with Gasteiger partial charge in [0.15, 0.2) is 0 Å². The summed E-state index contributed by atoms with van der Waals surface area (Å²) in [4.78, 5) is 12.0. The van der Waals surface area contributed by atoms with Gasteiger partial charge in [-0.05, 0) is 49.4 Å². The second-order valence-electron chi connectivity index (χ2n) is 6.83. The molecule has 0 aromatic heterocycles. The number of ether oxygens (including phenoxy) is 1. The van der Waals surface area contributed by atoms with Crippen molar-refractivity contribution in [1.29, 1.82) is 0 Å². The number of piperidine rings is 1. The molecule has 1 saturated heterocycles. The van der Waals surface area contributed by atoms with Crippen LogP contribution in [0.4, 0.5) is 0 Å². The molecule has 2 heterocycles. The fourth-order valence-electron chi connectivity index (χ4n) is 3.58. The molecule has 3 rings (SSSR count). The van der Waals surface area contributed by atoms with Crippen molar-refractivity contribution in [2.75, 3.05) is 26.2 Å². The zero-order valence-electron chi connectivity index (χ0n) is 14.9. The van der Waals surface area contributed by atoms with Gasteiger partial charge in [0.2, 0.25) is 15.9 Å². The van der Waals surface area contributed by atoms with E-state index < -0.39 is 10.0 Å². The van der Waals surface area contributed by atoms with Crippen LogP contribution in [0.2, 0.25) is 0 Å². The van der Waals surface area contributed by atoms with Crippen molar-refractivity contribution in [2.45, 2.75) is 49.5 Å². The first kappa shape index (κ1) is 19.1. The molecule has 0 aliphatic carbocycles. The number of rotatable bonds is 6. The van der Waals surface area contributed by atoms with Crippen LogP contribution in [-0.2, 0) is 21.2 Å². The van der Waals surface area contributed by atoms with Crippen LogP contribution in [0.25, 0.3) is 0 Å². The van der Waals surface area contributed by atoms with Gasteiger partial charge in [-0.1, -0.05) is 6.42 Å². The Labute approximate surface area is 154 Å².